The molecule has 1 saturated heterocycles. The van der Waals surface area contributed by atoms with Crippen molar-refractivity contribution in [3.8, 4) is 0 Å². The van der Waals surface area contributed by atoms with E-state index in [2.05, 4.69) is 53.3 Å². The van der Waals surface area contributed by atoms with Gasteiger partial charge in [-0.2, -0.15) is 0 Å². The molecule has 6 heteroatoms. The van der Waals surface area contributed by atoms with Gasteiger partial charge in [0.05, 0.1) is 5.69 Å². The lowest BCUT2D eigenvalue weighted by Crippen LogP contribution is -2.48. The fourth-order valence-corrected chi connectivity index (χ4v) is 3.05. The van der Waals surface area contributed by atoms with Crippen LogP contribution in [0.25, 0.3) is 0 Å². The maximum Gasteiger partial charge on any atom is 0.292 e. The maximum absolute atomic E-state index is 12.4. The highest BCUT2D eigenvalue weighted by atomic mass is 16.5. The van der Waals surface area contributed by atoms with Crippen molar-refractivity contribution >= 4 is 11.6 Å². The smallest absolute Gasteiger partial charge is 0.292 e. The molecule has 2 aromatic rings. The topological polar surface area (TPSA) is 52.8 Å². The molecule has 0 saturated carbocycles. The molecule has 0 N–H and O–H groups in total. The molecule has 3 rings (SSSR count). The number of piperazine rings is 1. The van der Waals surface area contributed by atoms with E-state index in [-0.39, 0.29) is 5.91 Å². The first-order valence-corrected chi connectivity index (χ1v) is 8.25. The summed E-state index contributed by atoms with van der Waals surface area (Å²) in [7, 11) is 4.13. The Bertz CT molecular complexity index is 703. The highest BCUT2D eigenvalue weighted by Gasteiger charge is 2.25. The number of nitrogens with zero attached hydrogens (tertiary/aromatic N) is 4. The highest BCUT2D eigenvalue weighted by Crippen LogP contribution is 2.20. The fraction of sp³-hybridized carbons (Fsp3) is 0.444. The van der Waals surface area contributed by atoms with Crippen molar-refractivity contribution in [2.75, 3.05) is 45.2 Å². The van der Waals surface area contributed by atoms with Crippen LogP contribution in [0.5, 0.6) is 0 Å². The molecule has 1 aromatic heterocycles. The van der Waals surface area contributed by atoms with Gasteiger partial charge in [-0.1, -0.05) is 23.4 Å². The molecule has 1 aliphatic rings. The lowest BCUT2D eigenvalue weighted by Gasteiger charge is -2.34. The molecule has 1 amide bonds. The zero-order chi connectivity index (χ0) is 17.1. The van der Waals surface area contributed by atoms with Crippen molar-refractivity contribution in [1.82, 2.24) is 15.0 Å². The number of rotatable bonds is 4. The van der Waals surface area contributed by atoms with Crippen LogP contribution in [0.15, 0.2) is 34.9 Å². The Labute approximate surface area is 142 Å². The van der Waals surface area contributed by atoms with Gasteiger partial charge in [0.2, 0.25) is 5.76 Å². The third kappa shape index (κ3) is 3.59. The van der Waals surface area contributed by atoms with E-state index in [1.54, 1.807) is 6.07 Å². The van der Waals surface area contributed by atoms with Crippen molar-refractivity contribution < 1.29 is 9.32 Å². The summed E-state index contributed by atoms with van der Waals surface area (Å²) in [5.41, 5.74) is 3.29. The Balaban J connectivity index is 1.59. The lowest BCUT2D eigenvalue weighted by atomic mass is 10.1. The van der Waals surface area contributed by atoms with Gasteiger partial charge in [0.1, 0.15) is 0 Å². The van der Waals surface area contributed by atoms with E-state index in [1.165, 1.54) is 11.3 Å². The number of hydrogen-bond acceptors (Lipinski definition) is 5. The molecule has 0 bridgehead atoms. The van der Waals surface area contributed by atoms with E-state index in [4.69, 9.17) is 4.52 Å². The second-order valence-corrected chi connectivity index (χ2v) is 6.42. The van der Waals surface area contributed by atoms with Crippen molar-refractivity contribution in [1.29, 1.82) is 0 Å². The summed E-state index contributed by atoms with van der Waals surface area (Å²) in [6, 6.07) is 10.1. The molecule has 0 unspecified atom stereocenters. The lowest BCUT2D eigenvalue weighted by molar-refractivity contribution is 0.0589. The number of aryl methyl sites for hydroxylation is 1. The van der Waals surface area contributed by atoms with Gasteiger partial charge in [-0.3, -0.25) is 9.69 Å². The third-order valence-electron chi connectivity index (χ3n) is 4.37. The quantitative estimate of drug-likeness (QED) is 0.859. The summed E-state index contributed by atoms with van der Waals surface area (Å²) in [4.78, 5) is 18.8. The van der Waals surface area contributed by atoms with Gasteiger partial charge in [-0.05, 0) is 18.6 Å². The molecule has 1 aromatic carbocycles. The maximum atomic E-state index is 12.4. The van der Waals surface area contributed by atoms with Crippen LogP contribution in [0.1, 0.15) is 21.8 Å². The van der Waals surface area contributed by atoms with Gasteiger partial charge in [0.15, 0.2) is 0 Å². The van der Waals surface area contributed by atoms with E-state index in [1.807, 2.05) is 11.8 Å². The van der Waals surface area contributed by atoms with Crippen LogP contribution in [0.2, 0.25) is 0 Å². The molecule has 0 aliphatic carbocycles. The minimum atomic E-state index is -0.0658. The van der Waals surface area contributed by atoms with Gasteiger partial charge in [-0.15, -0.1) is 0 Å². The number of anilines is 1. The zero-order valence-corrected chi connectivity index (χ0v) is 14.5. The standard InChI is InChI=1S/C18H24N4O2/c1-14-12-17(24-19-14)18(23)22-10-8-21(9-11-22)13-15-6-4-5-7-16(15)20(2)3/h4-7,12H,8-11,13H2,1-3H3. The Morgan fingerprint density at radius 3 is 2.54 bits per heavy atom. The van der Waals surface area contributed by atoms with Crippen molar-refractivity contribution in [2.24, 2.45) is 0 Å². The van der Waals surface area contributed by atoms with E-state index in [9.17, 15) is 4.79 Å². The second kappa shape index (κ2) is 7.05. The molecule has 1 fully saturated rings. The van der Waals surface area contributed by atoms with Crippen molar-refractivity contribution in [2.45, 2.75) is 13.5 Å². The SMILES string of the molecule is Cc1cc(C(=O)N2CCN(Cc3ccccc3N(C)C)CC2)on1. The summed E-state index contributed by atoms with van der Waals surface area (Å²) in [6.45, 7) is 5.87. The summed E-state index contributed by atoms with van der Waals surface area (Å²) < 4.78 is 5.08. The average molecular weight is 328 g/mol. The highest BCUT2D eigenvalue weighted by molar-refractivity contribution is 5.91. The number of para-hydroxylation sites is 1. The average Bonchev–Trinajstić information content (AvgIpc) is 3.02. The van der Waals surface area contributed by atoms with Gasteiger partial charge in [-0.25, -0.2) is 0 Å². The molecular formula is C18H24N4O2. The Morgan fingerprint density at radius 1 is 1.21 bits per heavy atom. The first-order valence-electron chi connectivity index (χ1n) is 8.25. The van der Waals surface area contributed by atoms with Crippen molar-refractivity contribution in [3.05, 3.63) is 47.3 Å². The van der Waals surface area contributed by atoms with Crippen LogP contribution in [0.3, 0.4) is 0 Å². The molecular weight excluding hydrogens is 304 g/mol. The summed E-state index contributed by atoms with van der Waals surface area (Å²) in [5, 5.41) is 3.79. The van der Waals surface area contributed by atoms with Crippen LogP contribution in [0, 0.1) is 6.92 Å². The summed E-state index contributed by atoms with van der Waals surface area (Å²) in [5.74, 6) is 0.267. The monoisotopic (exact) mass is 328 g/mol. The van der Waals surface area contributed by atoms with E-state index < -0.39 is 0 Å². The number of hydrogen-bond donors (Lipinski definition) is 0. The molecule has 2 heterocycles. The second-order valence-electron chi connectivity index (χ2n) is 6.42. The predicted octanol–water partition coefficient (Wildman–Crippen LogP) is 2.01. The third-order valence-corrected chi connectivity index (χ3v) is 4.37. The molecule has 0 spiro atoms. The largest absolute Gasteiger partial charge is 0.377 e. The number of carbonyl (C=O) groups is 1. The number of carbonyl (C=O) groups excluding carboxylic acids is 1. The normalized spacial score (nSPS) is 15.5. The fourth-order valence-electron chi connectivity index (χ4n) is 3.05. The van der Waals surface area contributed by atoms with E-state index in [0.29, 0.717) is 18.8 Å². The van der Waals surface area contributed by atoms with Crippen molar-refractivity contribution in [3.63, 3.8) is 0 Å². The summed E-state index contributed by atoms with van der Waals surface area (Å²) >= 11 is 0. The summed E-state index contributed by atoms with van der Waals surface area (Å²) in [6.07, 6.45) is 0. The van der Waals surface area contributed by atoms with Crippen LogP contribution in [-0.2, 0) is 6.54 Å². The van der Waals surface area contributed by atoms with Crippen LogP contribution in [-0.4, -0.2) is 61.1 Å². The Kier molecular flexibility index (Phi) is 4.85. The minimum Gasteiger partial charge on any atom is -0.377 e. The number of aromatic nitrogens is 1. The first kappa shape index (κ1) is 16.5. The predicted molar refractivity (Wildman–Crippen MR) is 93.2 cm³/mol. The van der Waals surface area contributed by atoms with Crippen LogP contribution < -0.4 is 4.90 Å². The van der Waals surface area contributed by atoms with E-state index >= 15 is 0 Å². The molecule has 6 nitrogen and oxygen atoms in total. The Hall–Kier alpha value is -2.34. The van der Waals surface area contributed by atoms with Gasteiger partial charge in [0.25, 0.3) is 5.91 Å². The van der Waals surface area contributed by atoms with Gasteiger partial charge in [0, 0.05) is 58.6 Å². The molecule has 24 heavy (non-hydrogen) atoms. The minimum absolute atomic E-state index is 0.0658. The number of amides is 1. The van der Waals surface area contributed by atoms with Crippen LogP contribution in [0.4, 0.5) is 5.69 Å². The van der Waals surface area contributed by atoms with Gasteiger partial charge < -0.3 is 14.3 Å². The van der Waals surface area contributed by atoms with Crippen LogP contribution >= 0.6 is 0 Å². The van der Waals surface area contributed by atoms with Gasteiger partial charge >= 0.3 is 0 Å². The molecule has 1 aliphatic heterocycles. The number of benzene rings is 1. The molecule has 0 radical (unpaired) electrons. The van der Waals surface area contributed by atoms with E-state index in [0.717, 1.165) is 25.3 Å². The first-order chi connectivity index (χ1) is 11.5. The molecule has 0 atom stereocenters. The zero-order valence-electron chi connectivity index (χ0n) is 14.5. The Morgan fingerprint density at radius 2 is 1.92 bits per heavy atom. The molecule has 128 valence electrons.